The fourth-order valence-electron chi connectivity index (χ4n) is 1.66. The van der Waals surface area contributed by atoms with E-state index in [0.717, 1.165) is 0 Å². The van der Waals surface area contributed by atoms with E-state index in [4.69, 9.17) is 0 Å². The van der Waals surface area contributed by atoms with Crippen molar-refractivity contribution in [1.29, 1.82) is 0 Å². The van der Waals surface area contributed by atoms with E-state index in [1.807, 2.05) is 20.8 Å². The van der Waals surface area contributed by atoms with Crippen LogP contribution < -0.4 is 10.0 Å². The molecule has 1 amide bonds. The quantitative estimate of drug-likeness (QED) is 0.873. The maximum absolute atomic E-state index is 12.3. The lowest BCUT2D eigenvalue weighted by molar-refractivity contribution is -0.124. The molecule has 22 heavy (non-hydrogen) atoms. The van der Waals surface area contributed by atoms with Gasteiger partial charge in [-0.3, -0.25) is 4.79 Å². The monoisotopic (exact) mass is 326 g/mol. The minimum Gasteiger partial charge on any atom is -0.326 e. The van der Waals surface area contributed by atoms with E-state index in [-0.39, 0.29) is 10.8 Å². The number of carbonyl (C=O) groups excluding carboxylic acids is 1. The summed E-state index contributed by atoms with van der Waals surface area (Å²) in [6.07, 6.45) is 0.697. The first-order valence-corrected chi connectivity index (χ1v) is 8.81. The molecule has 0 atom stereocenters. The first-order chi connectivity index (χ1) is 9.87. The molecule has 124 valence electrons. The predicted molar refractivity (Wildman–Crippen MR) is 89.2 cm³/mol. The summed E-state index contributed by atoms with van der Waals surface area (Å²) in [5, 5.41) is 2.78. The average Bonchev–Trinajstić information content (AvgIpc) is 2.36. The van der Waals surface area contributed by atoms with Crippen molar-refractivity contribution in [2.75, 3.05) is 5.32 Å². The van der Waals surface area contributed by atoms with Crippen LogP contribution in [0, 0.1) is 5.41 Å². The Labute approximate surface area is 133 Å². The van der Waals surface area contributed by atoms with Gasteiger partial charge in [0.15, 0.2) is 0 Å². The largest absolute Gasteiger partial charge is 0.326 e. The molecular formula is C16H26N2O3S. The van der Waals surface area contributed by atoms with E-state index in [0.29, 0.717) is 12.1 Å². The summed E-state index contributed by atoms with van der Waals surface area (Å²) >= 11 is 0. The highest BCUT2D eigenvalue weighted by molar-refractivity contribution is 7.89. The maximum Gasteiger partial charge on any atom is 0.241 e. The number of rotatable bonds is 5. The minimum atomic E-state index is -3.62. The van der Waals surface area contributed by atoms with E-state index < -0.39 is 21.0 Å². The highest BCUT2D eigenvalue weighted by Crippen LogP contribution is 2.23. The number of hydrogen-bond donors (Lipinski definition) is 2. The van der Waals surface area contributed by atoms with Gasteiger partial charge < -0.3 is 5.32 Å². The van der Waals surface area contributed by atoms with Crippen molar-refractivity contribution >= 4 is 21.6 Å². The molecule has 1 aromatic rings. The number of sulfonamides is 1. The zero-order valence-electron chi connectivity index (χ0n) is 14.1. The SMILES string of the molecule is CCC(C)(C)C(=O)Nc1cccc(S(=O)(=O)NC(C)(C)C)c1. The van der Waals surface area contributed by atoms with Crippen LogP contribution in [0.25, 0.3) is 0 Å². The normalized spacial score (nSPS) is 13.0. The molecule has 0 fully saturated rings. The van der Waals surface area contributed by atoms with Crippen LogP contribution in [-0.4, -0.2) is 19.9 Å². The van der Waals surface area contributed by atoms with Crippen molar-refractivity contribution in [3.8, 4) is 0 Å². The van der Waals surface area contributed by atoms with Crippen molar-refractivity contribution in [2.24, 2.45) is 5.41 Å². The first-order valence-electron chi connectivity index (χ1n) is 7.33. The summed E-state index contributed by atoms with van der Waals surface area (Å²) in [6, 6.07) is 6.28. The summed E-state index contributed by atoms with van der Waals surface area (Å²) in [5.74, 6) is -0.131. The van der Waals surface area contributed by atoms with Crippen molar-refractivity contribution in [2.45, 2.75) is 58.4 Å². The Bertz CT molecular complexity index is 644. The van der Waals surface area contributed by atoms with Gasteiger partial charge in [0.2, 0.25) is 15.9 Å². The molecule has 0 aliphatic carbocycles. The van der Waals surface area contributed by atoms with E-state index in [1.54, 1.807) is 32.9 Å². The van der Waals surface area contributed by atoms with Gasteiger partial charge in [0.25, 0.3) is 0 Å². The molecule has 0 heterocycles. The van der Waals surface area contributed by atoms with Crippen LogP contribution in [0.4, 0.5) is 5.69 Å². The molecule has 6 heteroatoms. The summed E-state index contributed by atoms with van der Waals surface area (Å²) in [5.41, 5.74) is -0.593. The lowest BCUT2D eigenvalue weighted by atomic mass is 9.89. The van der Waals surface area contributed by atoms with Gasteiger partial charge >= 0.3 is 0 Å². The molecule has 0 spiro atoms. The van der Waals surface area contributed by atoms with E-state index >= 15 is 0 Å². The molecule has 1 rings (SSSR count). The maximum atomic E-state index is 12.3. The Hall–Kier alpha value is -1.40. The first kappa shape index (κ1) is 18.6. The summed E-state index contributed by atoms with van der Waals surface area (Å²) in [6.45, 7) is 11.0. The van der Waals surface area contributed by atoms with E-state index in [9.17, 15) is 13.2 Å². The van der Waals surface area contributed by atoms with Gasteiger partial charge in [0.05, 0.1) is 4.90 Å². The second kappa shape index (κ2) is 6.38. The average molecular weight is 326 g/mol. The summed E-state index contributed by atoms with van der Waals surface area (Å²) < 4.78 is 27.2. The topological polar surface area (TPSA) is 75.3 Å². The highest BCUT2D eigenvalue weighted by Gasteiger charge is 2.26. The lowest BCUT2D eigenvalue weighted by Gasteiger charge is -2.22. The molecule has 2 N–H and O–H groups in total. The highest BCUT2D eigenvalue weighted by atomic mass is 32.2. The molecule has 5 nitrogen and oxygen atoms in total. The number of amides is 1. The number of benzene rings is 1. The van der Waals surface area contributed by atoms with Gasteiger partial charge in [-0.15, -0.1) is 0 Å². The molecule has 0 aromatic heterocycles. The number of nitrogens with one attached hydrogen (secondary N) is 2. The van der Waals surface area contributed by atoms with Crippen molar-refractivity contribution in [3.05, 3.63) is 24.3 Å². The molecule has 0 radical (unpaired) electrons. The second-order valence-corrected chi connectivity index (χ2v) is 8.76. The van der Waals surface area contributed by atoms with Gasteiger partial charge in [-0.05, 0) is 45.4 Å². The van der Waals surface area contributed by atoms with E-state index in [2.05, 4.69) is 10.0 Å². The fraction of sp³-hybridized carbons (Fsp3) is 0.562. The Morgan fingerprint density at radius 3 is 2.23 bits per heavy atom. The number of anilines is 1. The lowest BCUT2D eigenvalue weighted by Crippen LogP contribution is -2.40. The van der Waals surface area contributed by atoms with Crippen LogP contribution >= 0.6 is 0 Å². The third-order valence-corrected chi connectivity index (χ3v) is 5.10. The molecule has 0 aliphatic rings. The summed E-state index contributed by atoms with van der Waals surface area (Å²) in [7, 11) is -3.62. The Kier molecular flexibility index (Phi) is 5.41. The molecule has 0 saturated heterocycles. The van der Waals surface area contributed by atoms with Gasteiger partial charge in [-0.25, -0.2) is 13.1 Å². The van der Waals surface area contributed by atoms with Crippen LogP contribution in [-0.2, 0) is 14.8 Å². The van der Waals surface area contributed by atoms with Gasteiger partial charge in [0, 0.05) is 16.6 Å². The fourth-order valence-corrected chi connectivity index (χ4v) is 3.13. The Balaban J connectivity index is 3.03. The molecule has 0 saturated carbocycles. The van der Waals surface area contributed by atoms with Crippen LogP contribution in [0.1, 0.15) is 48.0 Å². The van der Waals surface area contributed by atoms with Crippen molar-refractivity contribution in [3.63, 3.8) is 0 Å². The van der Waals surface area contributed by atoms with Crippen LogP contribution in [0.15, 0.2) is 29.2 Å². The van der Waals surface area contributed by atoms with Gasteiger partial charge in [-0.1, -0.05) is 26.8 Å². The van der Waals surface area contributed by atoms with Crippen molar-refractivity contribution < 1.29 is 13.2 Å². The van der Waals surface area contributed by atoms with Gasteiger partial charge in [-0.2, -0.15) is 0 Å². The zero-order chi connectivity index (χ0) is 17.2. The molecule has 0 bridgehead atoms. The number of hydrogen-bond acceptors (Lipinski definition) is 3. The van der Waals surface area contributed by atoms with Crippen LogP contribution in [0.2, 0.25) is 0 Å². The standard InChI is InChI=1S/C16H26N2O3S/c1-7-16(5,6)14(19)17-12-9-8-10-13(11-12)22(20,21)18-15(2,3)4/h8-11,18H,7H2,1-6H3,(H,17,19). The van der Waals surface area contributed by atoms with Crippen LogP contribution in [0.5, 0.6) is 0 Å². The third-order valence-electron chi connectivity index (χ3n) is 3.34. The molecule has 0 aliphatic heterocycles. The Morgan fingerprint density at radius 2 is 1.73 bits per heavy atom. The zero-order valence-corrected chi connectivity index (χ0v) is 15.0. The third kappa shape index (κ3) is 5.10. The van der Waals surface area contributed by atoms with E-state index in [1.165, 1.54) is 12.1 Å². The predicted octanol–water partition coefficient (Wildman–Crippen LogP) is 3.14. The smallest absolute Gasteiger partial charge is 0.241 e. The molecular weight excluding hydrogens is 300 g/mol. The number of carbonyl (C=O) groups is 1. The Morgan fingerprint density at radius 1 is 1.14 bits per heavy atom. The second-order valence-electron chi connectivity index (χ2n) is 7.07. The molecule has 1 aromatic carbocycles. The van der Waals surface area contributed by atoms with Crippen molar-refractivity contribution in [1.82, 2.24) is 4.72 Å². The minimum absolute atomic E-state index is 0.131. The van der Waals surface area contributed by atoms with Crippen LogP contribution in [0.3, 0.4) is 0 Å². The molecule has 0 unspecified atom stereocenters. The summed E-state index contributed by atoms with van der Waals surface area (Å²) in [4.78, 5) is 12.3. The van der Waals surface area contributed by atoms with Gasteiger partial charge in [0.1, 0.15) is 0 Å².